The van der Waals surface area contributed by atoms with E-state index in [9.17, 15) is 9.59 Å². The molecule has 4 rings (SSSR count). The maximum absolute atomic E-state index is 13.0. The second kappa shape index (κ2) is 7.25. The number of benzene rings is 1. The topological polar surface area (TPSA) is 65.5 Å². The highest BCUT2D eigenvalue weighted by molar-refractivity contribution is 6.01. The number of fused-ring (bicyclic) bond motifs is 1. The van der Waals surface area contributed by atoms with E-state index in [4.69, 9.17) is 0 Å². The first kappa shape index (κ1) is 16.7. The van der Waals surface area contributed by atoms with Crippen LogP contribution in [0.4, 0.5) is 5.69 Å². The van der Waals surface area contributed by atoms with Gasteiger partial charge in [0, 0.05) is 57.2 Å². The summed E-state index contributed by atoms with van der Waals surface area (Å²) in [7, 11) is 0. The van der Waals surface area contributed by atoms with Crippen LogP contribution in [0.25, 0.3) is 0 Å². The number of pyridine rings is 1. The Morgan fingerprint density at radius 1 is 1.08 bits per heavy atom. The molecule has 2 amide bonds. The third-order valence-corrected chi connectivity index (χ3v) is 5.14. The maximum Gasteiger partial charge on any atom is 0.230 e. The van der Waals surface area contributed by atoms with Crippen molar-refractivity contribution in [3.05, 3.63) is 59.9 Å². The van der Waals surface area contributed by atoms with Crippen molar-refractivity contribution in [3.63, 3.8) is 0 Å². The minimum absolute atomic E-state index is 0.0656. The molecule has 1 unspecified atom stereocenters. The summed E-state index contributed by atoms with van der Waals surface area (Å²) in [5.41, 5.74) is 2.92. The van der Waals surface area contributed by atoms with Crippen LogP contribution < -0.4 is 5.32 Å². The highest BCUT2D eigenvalue weighted by Crippen LogP contribution is 2.33. The predicted molar refractivity (Wildman–Crippen MR) is 98.5 cm³/mol. The number of nitrogens with zero attached hydrogens (tertiary/aromatic N) is 3. The third kappa shape index (κ3) is 3.46. The average Bonchev–Trinajstić information content (AvgIpc) is 2.68. The first-order valence-electron chi connectivity index (χ1n) is 8.99. The normalized spacial score (nSPS) is 20.4. The van der Waals surface area contributed by atoms with Crippen LogP contribution in [0.1, 0.15) is 23.5 Å². The summed E-state index contributed by atoms with van der Waals surface area (Å²) in [5.74, 6) is -0.388. The number of carbonyl (C=O) groups excluding carboxylic acids is 2. The van der Waals surface area contributed by atoms with Gasteiger partial charge in [0.25, 0.3) is 0 Å². The molecule has 1 aromatic carbocycles. The SMILES string of the molecule is O=C1CC(C(=O)N2CCN(Cc3ccncc3)CC2)c2ccccc2N1. The molecule has 3 heterocycles. The van der Waals surface area contributed by atoms with E-state index in [1.54, 1.807) is 12.4 Å². The van der Waals surface area contributed by atoms with Crippen molar-refractivity contribution >= 4 is 17.5 Å². The molecule has 6 heteroatoms. The van der Waals surface area contributed by atoms with Crippen LogP contribution in [0.15, 0.2) is 48.8 Å². The Hall–Kier alpha value is -2.73. The number of para-hydroxylation sites is 1. The molecule has 1 atom stereocenters. The number of hydrogen-bond donors (Lipinski definition) is 1. The summed E-state index contributed by atoms with van der Waals surface area (Å²) in [6.07, 6.45) is 3.84. The molecule has 2 aliphatic rings. The first-order chi connectivity index (χ1) is 12.7. The largest absolute Gasteiger partial charge is 0.340 e. The molecule has 0 spiro atoms. The summed E-state index contributed by atoms with van der Waals surface area (Å²) < 4.78 is 0. The number of hydrogen-bond acceptors (Lipinski definition) is 4. The molecule has 1 saturated heterocycles. The standard InChI is InChI=1S/C20H22N4O2/c25-19-13-17(16-3-1-2-4-18(16)22-19)20(26)24-11-9-23(10-12-24)14-15-5-7-21-8-6-15/h1-8,17H,9-14H2,(H,22,25). The quantitative estimate of drug-likeness (QED) is 0.918. The molecule has 0 aliphatic carbocycles. The summed E-state index contributed by atoms with van der Waals surface area (Å²) in [5, 5.41) is 2.86. The van der Waals surface area contributed by atoms with Crippen LogP contribution in [0, 0.1) is 0 Å². The van der Waals surface area contributed by atoms with Crippen molar-refractivity contribution < 1.29 is 9.59 Å². The van der Waals surface area contributed by atoms with Gasteiger partial charge < -0.3 is 10.2 Å². The Labute approximate surface area is 152 Å². The van der Waals surface area contributed by atoms with Crippen molar-refractivity contribution in [1.29, 1.82) is 0 Å². The summed E-state index contributed by atoms with van der Waals surface area (Å²) in [4.78, 5) is 33.3. The smallest absolute Gasteiger partial charge is 0.230 e. The highest BCUT2D eigenvalue weighted by atomic mass is 16.2. The van der Waals surface area contributed by atoms with Crippen molar-refractivity contribution in [2.75, 3.05) is 31.5 Å². The molecule has 0 bridgehead atoms. The van der Waals surface area contributed by atoms with Gasteiger partial charge >= 0.3 is 0 Å². The molecule has 1 fully saturated rings. The van der Waals surface area contributed by atoms with Gasteiger partial charge in [0.1, 0.15) is 0 Å². The summed E-state index contributed by atoms with van der Waals surface area (Å²) >= 11 is 0. The van der Waals surface area contributed by atoms with E-state index in [1.807, 2.05) is 41.3 Å². The van der Waals surface area contributed by atoms with Crippen molar-refractivity contribution in [3.8, 4) is 0 Å². The van der Waals surface area contributed by atoms with Crippen molar-refractivity contribution in [2.24, 2.45) is 0 Å². The molecular formula is C20H22N4O2. The zero-order valence-corrected chi connectivity index (χ0v) is 14.6. The Morgan fingerprint density at radius 2 is 1.81 bits per heavy atom. The zero-order valence-electron chi connectivity index (χ0n) is 14.6. The highest BCUT2D eigenvalue weighted by Gasteiger charge is 2.34. The minimum Gasteiger partial charge on any atom is -0.340 e. The second-order valence-electron chi connectivity index (χ2n) is 6.85. The van der Waals surface area contributed by atoms with E-state index in [0.29, 0.717) is 13.1 Å². The van der Waals surface area contributed by atoms with Crippen LogP contribution in [0.5, 0.6) is 0 Å². The van der Waals surface area contributed by atoms with Crippen LogP contribution in [0.3, 0.4) is 0 Å². The van der Waals surface area contributed by atoms with E-state index in [1.165, 1.54) is 5.56 Å². The van der Waals surface area contributed by atoms with Gasteiger partial charge in [-0.1, -0.05) is 18.2 Å². The molecule has 2 aromatic rings. The van der Waals surface area contributed by atoms with Gasteiger partial charge in [0.2, 0.25) is 11.8 Å². The van der Waals surface area contributed by atoms with E-state index in [0.717, 1.165) is 30.9 Å². The molecule has 26 heavy (non-hydrogen) atoms. The van der Waals surface area contributed by atoms with E-state index in [2.05, 4.69) is 15.2 Å². The number of carbonyl (C=O) groups is 2. The van der Waals surface area contributed by atoms with Gasteiger partial charge in [0.05, 0.1) is 5.92 Å². The Kier molecular flexibility index (Phi) is 4.67. The number of nitrogens with one attached hydrogen (secondary N) is 1. The lowest BCUT2D eigenvalue weighted by Gasteiger charge is -2.37. The Morgan fingerprint density at radius 3 is 2.58 bits per heavy atom. The lowest BCUT2D eigenvalue weighted by molar-refractivity contribution is -0.136. The molecule has 1 aromatic heterocycles. The fraction of sp³-hybridized carbons (Fsp3) is 0.350. The molecule has 2 aliphatic heterocycles. The lowest BCUT2D eigenvalue weighted by atomic mass is 9.89. The van der Waals surface area contributed by atoms with Gasteiger partial charge in [-0.2, -0.15) is 0 Å². The molecule has 6 nitrogen and oxygen atoms in total. The number of piperazine rings is 1. The molecule has 0 radical (unpaired) electrons. The van der Waals surface area contributed by atoms with E-state index < -0.39 is 0 Å². The monoisotopic (exact) mass is 350 g/mol. The summed E-state index contributed by atoms with van der Waals surface area (Å²) in [6, 6.07) is 11.6. The van der Waals surface area contributed by atoms with Crippen molar-refractivity contribution in [1.82, 2.24) is 14.8 Å². The van der Waals surface area contributed by atoms with Crippen LogP contribution in [-0.4, -0.2) is 52.8 Å². The van der Waals surface area contributed by atoms with Crippen LogP contribution >= 0.6 is 0 Å². The molecule has 134 valence electrons. The fourth-order valence-electron chi connectivity index (χ4n) is 3.72. The van der Waals surface area contributed by atoms with Gasteiger partial charge in [-0.05, 0) is 29.3 Å². The van der Waals surface area contributed by atoms with Crippen LogP contribution in [0.2, 0.25) is 0 Å². The minimum atomic E-state index is -0.369. The third-order valence-electron chi connectivity index (χ3n) is 5.14. The average molecular weight is 350 g/mol. The number of rotatable bonds is 3. The maximum atomic E-state index is 13.0. The van der Waals surface area contributed by atoms with E-state index in [-0.39, 0.29) is 24.2 Å². The fourth-order valence-corrected chi connectivity index (χ4v) is 3.72. The molecule has 0 saturated carbocycles. The van der Waals surface area contributed by atoms with E-state index >= 15 is 0 Å². The Balaban J connectivity index is 1.40. The number of aromatic nitrogens is 1. The number of amides is 2. The Bertz CT molecular complexity index is 800. The van der Waals surface area contributed by atoms with Crippen molar-refractivity contribution in [2.45, 2.75) is 18.9 Å². The zero-order chi connectivity index (χ0) is 17.9. The van der Waals surface area contributed by atoms with Gasteiger partial charge in [0.15, 0.2) is 0 Å². The summed E-state index contributed by atoms with van der Waals surface area (Å²) in [6.45, 7) is 3.96. The molecular weight excluding hydrogens is 328 g/mol. The van der Waals surface area contributed by atoms with Gasteiger partial charge in [-0.25, -0.2) is 0 Å². The lowest BCUT2D eigenvalue weighted by Crippen LogP contribution is -2.50. The molecule has 1 N–H and O–H groups in total. The van der Waals surface area contributed by atoms with Gasteiger partial charge in [-0.15, -0.1) is 0 Å². The first-order valence-corrected chi connectivity index (χ1v) is 8.99. The van der Waals surface area contributed by atoms with Crippen LogP contribution in [-0.2, 0) is 16.1 Å². The second-order valence-corrected chi connectivity index (χ2v) is 6.85. The predicted octanol–water partition coefficient (Wildman–Crippen LogP) is 1.85. The number of anilines is 1. The van der Waals surface area contributed by atoms with Gasteiger partial charge in [-0.3, -0.25) is 19.5 Å².